The lowest BCUT2D eigenvalue weighted by Gasteiger charge is -2.15. The molecule has 0 saturated carbocycles. The largest absolute Gasteiger partial charge is 0.339 e. The van der Waals surface area contributed by atoms with E-state index in [0.717, 1.165) is 6.54 Å². The van der Waals surface area contributed by atoms with E-state index in [2.05, 4.69) is 10.3 Å². The van der Waals surface area contributed by atoms with Crippen LogP contribution in [0.4, 0.5) is 0 Å². The van der Waals surface area contributed by atoms with Gasteiger partial charge in [-0.1, -0.05) is 6.07 Å². The number of aromatic nitrogens is 1. The lowest BCUT2D eigenvalue weighted by atomic mass is 10.3. The fraction of sp³-hybridized carbons (Fsp3) is 0.400. The standard InChI is InChI=1S/C10H15N3O/c1-11-7-8-13(2)10(14)9-5-3-4-6-12-9/h3-6,11H,7-8H2,1-2H3. The summed E-state index contributed by atoms with van der Waals surface area (Å²) in [5, 5.41) is 2.99. The molecule has 0 spiro atoms. The van der Waals surface area contributed by atoms with Crippen LogP contribution in [0.1, 0.15) is 10.5 Å². The van der Waals surface area contributed by atoms with Crippen molar-refractivity contribution in [1.82, 2.24) is 15.2 Å². The van der Waals surface area contributed by atoms with Gasteiger partial charge in [-0.3, -0.25) is 9.78 Å². The van der Waals surface area contributed by atoms with E-state index in [4.69, 9.17) is 0 Å². The van der Waals surface area contributed by atoms with E-state index in [1.165, 1.54) is 0 Å². The first-order valence-electron chi connectivity index (χ1n) is 4.57. The second-order valence-electron chi connectivity index (χ2n) is 3.05. The number of nitrogens with zero attached hydrogens (tertiary/aromatic N) is 2. The zero-order valence-electron chi connectivity index (χ0n) is 8.53. The van der Waals surface area contributed by atoms with Gasteiger partial charge in [0.2, 0.25) is 0 Å². The predicted molar refractivity (Wildman–Crippen MR) is 55.1 cm³/mol. The van der Waals surface area contributed by atoms with Crippen molar-refractivity contribution in [2.45, 2.75) is 0 Å². The van der Waals surface area contributed by atoms with Crippen LogP contribution in [-0.4, -0.2) is 43.0 Å². The SMILES string of the molecule is CNCCN(C)C(=O)c1ccccn1. The molecule has 1 amide bonds. The summed E-state index contributed by atoms with van der Waals surface area (Å²) < 4.78 is 0. The molecule has 0 aliphatic heterocycles. The second kappa shape index (κ2) is 5.34. The first-order chi connectivity index (χ1) is 6.75. The van der Waals surface area contributed by atoms with E-state index in [1.54, 1.807) is 30.3 Å². The van der Waals surface area contributed by atoms with Crippen molar-refractivity contribution < 1.29 is 4.79 Å². The fourth-order valence-corrected chi connectivity index (χ4v) is 1.07. The summed E-state index contributed by atoms with van der Waals surface area (Å²) in [4.78, 5) is 17.3. The van der Waals surface area contributed by atoms with Crippen molar-refractivity contribution in [3.8, 4) is 0 Å². The van der Waals surface area contributed by atoms with Crippen LogP contribution in [0.25, 0.3) is 0 Å². The molecule has 1 N–H and O–H groups in total. The first-order valence-corrected chi connectivity index (χ1v) is 4.57. The first kappa shape index (κ1) is 10.7. The maximum Gasteiger partial charge on any atom is 0.272 e. The van der Waals surface area contributed by atoms with Crippen molar-refractivity contribution in [2.24, 2.45) is 0 Å². The summed E-state index contributed by atoms with van der Waals surface area (Å²) in [7, 11) is 3.63. The van der Waals surface area contributed by atoms with Crippen molar-refractivity contribution in [3.05, 3.63) is 30.1 Å². The molecule has 1 aromatic heterocycles. The van der Waals surface area contributed by atoms with Gasteiger partial charge in [0, 0.05) is 26.3 Å². The second-order valence-corrected chi connectivity index (χ2v) is 3.05. The lowest BCUT2D eigenvalue weighted by Crippen LogP contribution is -2.33. The Kier molecular flexibility index (Phi) is 4.07. The van der Waals surface area contributed by atoms with Crippen LogP contribution >= 0.6 is 0 Å². The number of nitrogens with one attached hydrogen (secondary N) is 1. The number of rotatable bonds is 4. The van der Waals surface area contributed by atoms with Crippen LogP contribution < -0.4 is 5.32 Å². The normalized spacial score (nSPS) is 9.86. The third-order valence-corrected chi connectivity index (χ3v) is 1.93. The van der Waals surface area contributed by atoms with Crippen molar-refractivity contribution in [3.63, 3.8) is 0 Å². The Morgan fingerprint density at radius 1 is 1.57 bits per heavy atom. The number of carbonyl (C=O) groups excluding carboxylic acids is 1. The molecule has 76 valence electrons. The highest BCUT2D eigenvalue weighted by atomic mass is 16.2. The van der Waals surface area contributed by atoms with Crippen LogP contribution in [0.5, 0.6) is 0 Å². The topological polar surface area (TPSA) is 45.2 Å². The van der Waals surface area contributed by atoms with Gasteiger partial charge in [0.1, 0.15) is 5.69 Å². The van der Waals surface area contributed by atoms with Gasteiger partial charge in [0.25, 0.3) is 5.91 Å². The van der Waals surface area contributed by atoms with Crippen molar-refractivity contribution in [2.75, 3.05) is 27.2 Å². The van der Waals surface area contributed by atoms with Gasteiger partial charge in [0.05, 0.1) is 0 Å². The molecular weight excluding hydrogens is 178 g/mol. The summed E-state index contributed by atoms with van der Waals surface area (Å²) in [5.74, 6) is -0.0409. The minimum absolute atomic E-state index is 0.0409. The molecule has 0 unspecified atom stereocenters. The molecule has 1 rings (SSSR count). The minimum Gasteiger partial charge on any atom is -0.339 e. The van der Waals surface area contributed by atoms with Gasteiger partial charge in [-0.05, 0) is 19.2 Å². The summed E-state index contributed by atoms with van der Waals surface area (Å²) >= 11 is 0. The zero-order chi connectivity index (χ0) is 10.4. The maximum atomic E-state index is 11.7. The molecule has 0 bridgehead atoms. The molecular formula is C10H15N3O. The van der Waals surface area contributed by atoms with Crippen LogP contribution in [-0.2, 0) is 0 Å². The molecule has 1 aromatic rings. The van der Waals surface area contributed by atoms with Gasteiger partial charge < -0.3 is 10.2 Å². The molecule has 0 aromatic carbocycles. The zero-order valence-corrected chi connectivity index (χ0v) is 8.53. The third-order valence-electron chi connectivity index (χ3n) is 1.93. The van der Waals surface area contributed by atoms with Crippen LogP contribution in [0.15, 0.2) is 24.4 Å². The molecule has 0 fully saturated rings. The Bertz CT molecular complexity index is 287. The summed E-state index contributed by atoms with van der Waals surface area (Å²) in [6, 6.07) is 5.33. The van der Waals surface area contributed by atoms with Crippen LogP contribution in [0.3, 0.4) is 0 Å². The number of amides is 1. The van der Waals surface area contributed by atoms with E-state index < -0.39 is 0 Å². The van der Waals surface area contributed by atoms with Gasteiger partial charge in [-0.2, -0.15) is 0 Å². The molecule has 0 aliphatic carbocycles. The highest BCUT2D eigenvalue weighted by Crippen LogP contribution is 1.98. The molecule has 4 nitrogen and oxygen atoms in total. The van der Waals surface area contributed by atoms with Crippen molar-refractivity contribution in [1.29, 1.82) is 0 Å². The highest BCUT2D eigenvalue weighted by molar-refractivity contribution is 5.91. The smallest absolute Gasteiger partial charge is 0.272 e. The quantitative estimate of drug-likeness (QED) is 0.751. The molecule has 14 heavy (non-hydrogen) atoms. The van der Waals surface area contributed by atoms with Crippen LogP contribution in [0, 0.1) is 0 Å². The average molecular weight is 193 g/mol. The van der Waals surface area contributed by atoms with Crippen LogP contribution in [0.2, 0.25) is 0 Å². The number of hydrogen-bond donors (Lipinski definition) is 1. The third kappa shape index (κ3) is 2.81. The Labute approximate surface area is 83.9 Å². The summed E-state index contributed by atoms with van der Waals surface area (Å²) in [6.07, 6.45) is 1.62. The molecule has 0 atom stereocenters. The number of carbonyl (C=O) groups is 1. The van der Waals surface area contributed by atoms with E-state index in [0.29, 0.717) is 12.2 Å². The predicted octanol–water partition coefficient (Wildman–Crippen LogP) is 0.373. The number of hydrogen-bond acceptors (Lipinski definition) is 3. The van der Waals surface area contributed by atoms with Crippen molar-refractivity contribution >= 4 is 5.91 Å². The van der Waals surface area contributed by atoms with Gasteiger partial charge in [-0.25, -0.2) is 0 Å². The van der Waals surface area contributed by atoms with E-state index in [9.17, 15) is 4.79 Å². The monoisotopic (exact) mass is 193 g/mol. The number of pyridine rings is 1. The minimum atomic E-state index is -0.0409. The lowest BCUT2D eigenvalue weighted by molar-refractivity contribution is 0.0791. The van der Waals surface area contributed by atoms with E-state index in [-0.39, 0.29) is 5.91 Å². The average Bonchev–Trinajstić information content (AvgIpc) is 2.26. The molecule has 0 saturated heterocycles. The molecule has 0 aliphatic rings. The Morgan fingerprint density at radius 3 is 2.93 bits per heavy atom. The van der Waals surface area contributed by atoms with E-state index in [1.807, 2.05) is 13.1 Å². The maximum absolute atomic E-state index is 11.7. The Hall–Kier alpha value is -1.42. The molecule has 0 radical (unpaired) electrons. The highest BCUT2D eigenvalue weighted by Gasteiger charge is 2.10. The molecule has 4 heteroatoms. The van der Waals surface area contributed by atoms with E-state index >= 15 is 0 Å². The van der Waals surface area contributed by atoms with Gasteiger partial charge in [0.15, 0.2) is 0 Å². The summed E-state index contributed by atoms with van der Waals surface area (Å²) in [6.45, 7) is 1.47. The van der Waals surface area contributed by atoms with Gasteiger partial charge >= 0.3 is 0 Å². The number of likely N-dealkylation sites (N-methyl/N-ethyl adjacent to an activating group) is 2. The molecule has 1 heterocycles. The Morgan fingerprint density at radius 2 is 2.36 bits per heavy atom. The Balaban J connectivity index is 2.57. The van der Waals surface area contributed by atoms with Gasteiger partial charge in [-0.15, -0.1) is 0 Å². The summed E-state index contributed by atoms with van der Waals surface area (Å²) in [5.41, 5.74) is 0.492. The fourth-order valence-electron chi connectivity index (χ4n) is 1.07.